The number of ether oxygens (including phenoxy) is 4. The summed E-state index contributed by atoms with van der Waals surface area (Å²) in [5.74, 6) is 0.657. The molecule has 1 aromatic carbocycles. The van der Waals surface area contributed by atoms with Crippen LogP contribution in [-0.2, 0) is 14.2 Å². The summed E-state index contributed by atoms with van der Waals surface area (Å²) in [7, 11) is 1.64. The van der Waals surface area contributed by atoms with E-state index in [4.69, 9.17) is 18.9 Å². The molecule has 0 atom stereocenters. The van der Waals surface area contributed by atoms with Crippen molar-refractivity contribution >= 4 is 27.7 Å². The van der Waals surface area contributed by atoms with Gasteiger partial charge in [0.05, 0.1) is 76.7 Å². The van der Waals surface area contributed by atoms with Gasteiger partial charge < -0.3 is 28.3 Å². The molecule has 0 amide bonds. The highest BCUT2D eigenvalue weighted by molar-refractivity contribution is 7.16. The lowest BCUT2D eigenvalue weighted by Gasteiger charge is -2.35. The first kappa shape index (κ1) is 36.1. The molecule has 0 radical (unpaired) electrons. The van der Waals surface area contributed by atoms with Crippen LogP contribution >= 0.6 is 11.3 Å². The van der Waals surface area contributed by atoms with Crippen molar-refractivity contribution in [3.8, 4) is 17.9 Å². The molecule has 2 aromatic rings. The zero-order valence-corrected chi connectivity index (χ0v) is 27.9. The summed E-state index contributed by atoms with van der Waals surface area (Å²) in [4.78, 5) is 2.69. The second kappa shape index (κ2) is 19.3. The van der Waals surface area contributed by atoms with Crippen molar-refractivity contribution in [3.05, 3.63) is 33.7 Å². The van der Waals surface area contributed by atoms with Crippen molar-refractivity contribution in [2.75, 3.05) is 90.9 Å². The van der Waals surface area contributed by atoms with Crippen molar-refractivity contribution < 1.29 is 23.4 Å². The molecule has 0 aliphatic heterocycles. The summed E-state index contributed by atoms with van der Waals surface area (Å²) in [5.41, 5.74) is 3.47. The van der Waals surface area contributed by atoms with Crippen LogP contribution in [-0.4, -0.2) is 90.5 Å². The summed E-state index contributed by atoms with van der Waals surface area (Å²) in [6, 6.07) is 8.16. The Balaban J connectivity index is 2.21. The number of hydrogen-bond acceptors (Lipinski definition) is 10. The molecule has 0 aliphatic carbocycles. The number of thiophene rings is 1. The number of anilines is 1. The number of likely N-dealkylation sites (N-methyl/N-ethyl adjacent to an activating group) is 1. The number of nitriles is 2. The standard InChI is InChI=1S/C32H49N6O4S/c1-8-15-40-19-20-42-17-13-37(12-16-41-18-14-38(9-2,10-3)11-4)29-21-25(5)28(22-30(29)39-7)35-36-32-27(23-33)26(6)31(24-34)43-32/h21-22H,8-20H2,1-7H3/q+1/b36-35+. The van der Waals surface area contributed by atoms with Crippen molar-refractivity contribution in [1.82, 2.24) is 0 Å². The maximum atomic E-state index is 9.56. The fourth-order valence-electron chi connectivity index (χ4n) is 4.76. The average Bonchev–Trinajstić information content (AvgIpc) is 3.34. The molecule has 10 nitrogen and oxygen atoms in total. The number of hydrogen-bond donors (Lipinski definition) is 0. The van der Waals surface area contributed by atoms with Gasteiger partial charge in [-0.3, -0.25) is 0 Å². The summed E-state index contributed by atoms with van der Waals surface area (Å²) >= 11 is 1.17. The molecule has 1 heterocycles. The van der Waals surface area contributed by atoms with E-state index in [-0.39, 0.29) is 0 Å². The van der Waals surface area contributed by atoms with Gasteiger partial charge >= 0.3 is 0 Å². The highest BCUT2D eigenvalue weighted by Crippen LogP contribution is 2.38. The van der Waals surface area contributed by atoms with Gasteiger partial charge in [-0.2, -0.15) is 10.5 Å². The molecule has 2 rings (SSSR count). The van der Waals surface area contributed by atoms with Gasteiger partial charge in [0, 0.05) is 25.8 Å². The molecule has 11 heteroatoms. The molecule has 236 valence electrons. The van der Waals surface area contributed by atoms with Crippen molar-refractivity contribution in [2.24, 2.45) is 10.2 Å². The summed E-state index contributed by atoms with van der Waals surface area (Å²) in [6.45, 7) is 21.9. The molecule has 0 saturated carbocycles. The van der Waals surface area contributed by atoms with E-state index in [1.54, 1.807) is 14.0 Å². The Bertz CT molecular complexity index is 1240. The van der Waals surface area contributed by atoms with E-state index in [1.165, 1.54) is 11.3 Å². The molecule has 0 unspecified atom stereocenters. The Hall–Kier alpha value is -3.06. The lowest BCUT2D eigenvalue weighted by Crippen LogP contribution is -2.49. The Labute approximate surface area is 262 Å². The fraction of sp³-hybridized carbons (Fsp3) is 0.625. The smallest absolute Gasteiger partial charge is 0.158 e. The first-order chi connectivity index (χ1) is 20.8. The van der Waals surface area contributed by atoms with Crippen LogP contribution in [0.15, 0.2) is 22.4 Å². The summed E-state index contributed by atoms with van der Waals surface area (Å²) < 4.78 is 24.4. The summed E-state index contributed by atoms with van der Waals surface area (Å²) in [6.07, 6.45) is 0.991. The molecule has 43 heavy (non-hydrogen) atoms. The van der Waals surface area contributed by atoms with Gasteiger partial charge in [-0.05, 0) is 58.2 Å². The van der Waals surface area contributed by atoms with E-state index in [0.29, 0.717) is 78.6 Å². The first-order valence-corrected chi connectivity index (χ1v) is 16.0. The molecule has 0 spiro atoms. The van der Waals surface area contributed by atoms with Gasteiger partial charge in [-0.1, -0.05) is 6.92 Å². The van der Waals surface area contributed by atoms with Crippen molar-refractivity contribution in [1.29, 1.82) is 10.5 Å². The second-order valence-corrected chi connectivity index (χ2v) is 11.3. The Kier molecular flexibility index (Phi) is 16.2. The lowest BCUT2D eigenvalue weighted by atomic mass is 10.1. The number of azo groups is 1. The van der Waals surface area contributed by atoms with Gasteiger partial charge in [0.1, 0.15) is 29.3 Å². The van der Waals surface area contributed by atoms with Crippen LogP contribution in [0.2, 0.25) is 0 Å². The van der Waals surface area contributed by atoms with Crippen LogP contribution in [0.1, 0.15) is 55.7 Å². The largest absolute Gasteiger partial charge is 0.495 e. The third-order valence-electron chi connectivity index (χ3n) is 7.88. The predicted molar refractivity (Wildman–Crippen MR) is 172 cm³/mol. The molecular formula is C32H49N6O4S+. The third-order valence-corrected chi connectivity index (χ3v) is 8.96. The quantitative estimate of drug-likeness (QED) is 0.0877. The monoisotopic (exact) mass is 613 g/mol. The van der Waals surface area contributed by atoms with E-state index in [1.807, 2.05) is 19.1 Å². The van der Waals surface area contributed by atoms with Gasteiger partial charge in [-0.25, -0.2) is 0 Å². The molecule has 0 saturated heterocycles. The minimum Gasteiger partial charge on any atom is -0.495 e. The normalized spacial score (nSPS) is 11.6. The minimum absolute atomic E-state index is 0.380. The van der Waals surface area contributed by atoms with Gasteiger partial charge in [0.15, 0.2) is 5.00 Å². The van der Waals surface area contributed by atoms with E-state index in [2.05, 4.69) is 55.0 Å². The Morgan fingerprint density at radius 1 is 0.837 bits per heavy atom. The zero-order chi connectivity index (χ0) is 31.7. The summed E-state index contributed by atoms with van der Waals surface area (Å²) in [5, 5.41) is 28.1. The van der Waals surface area contributed by atoms with Gasteiger partial charge in [-0.15, -0.1) is 21.6 Å². The van der Waals surface area contributed by atoms with E-state index < -0.39 is 0 Å². The van der Waals surface area contributed by atoms with Crippen LogP contribution < -0.4 is 9.64 Å². The van der Waals surface area contributed by atoms with Gasteiger partial charge in [0.2, 0.25) is 0 Å². The second-order valence-electron chi connectivity index (χ2n) is 10.3. The SMILES string of the molecule is CCCOCCOCCN(CCOCC[N+](CC)(CC)CC)c1cc(C)c(/N=N/c2sc(C#N)c(C)c2C#N)cc1OC. The average molecular weight is 614 g/mol. The lowest BCUT2D eigenvalue weighted by molar-refractivity contribution is -0.923. The number of rotatable bonds is 21. The molecule has 0 bridgehead atoms. The first-order valence-electron chi connectivity index (χ1n) is 15.2. The molecule has 0 aliphatic rings. The Morgan fingerprint density at radius 3 is 2.02 bits per heavy atom. The van der Waals surface area contributed by atoms with Crippen LogP contribution in [0.5, 0.6) is 5.75 Å². The van der Waals surface area contributed by atoms with Crippen LogP contribution in [0, 0.1) is 36.5 Å². The molecular weight excluding hydrogens is 564 g/mol. The Morgan fingerprint density at radius 2 is 1.47 bits per heavy atom. The zero-order valence-electron chi connectivity index (χ0n) is 27.1. The van der Waals surface area contributed by atoms with Gasteiger partial charge in [0.25, 0.3) is 0 Å². The molecule has 0 fully saturated rings. The van der Waals surface area contributed by atoms with Crippen molar-refractivity contribution in [2.45, 2.75) is 48.0 Å². The van der Waals surface area contributed by atoms with E-state index in [0.717, 1.165) is 54.9 Å². The maximum Gasteiger partial charge on any atom is 0.158 e. The van der Waals surface area contributed by atoms with E-state index in [9.17, 15) is 10.5 Å². The number of nitrogens with zero attached hydrogens (tertiary/aromatic N) is 6. The van der Waals surface area contributed by atoms with Crippen LogP contribution in [0.4, 0.5) is 16.4 Å². The number of aryl methyl sites for hydroxylation is 1. The topological polar surface area (TPSA) is 112 Å². The fourth-order valence-corrected chi connectivity index (χ4v) is 5.64. The third kappa shape index (κ3) is 10.6. The molecule has 1 aromatic heterocycles. The maximum absolute atomic E-state index is 9.56. The predicted octanol–water partition coefficient (Wildman–Crippen LogP) is 6.68. The van der Waals surface area contributed by atoms with Crippen LogP contribution in [0.25, 0.3) is 0 Å². The number of quaternary nitrogens is 1. The highest BCUT2D eigenvalue weighted by Gasteiger charge is 2.21. The van der Waals surface area contributed by atoms with Crippen molar-refractivity contribution in [3.63, 3.8) is 0 Å². The number of benzene rings is 1. The van der Waals surface area contributed by atoms with E-state index >= 15 is 0 Å². The highest BCUT2D eigenvalue weighted by atomic mass is 32.1. The van der Waals surface area contributed by atoms with Crippen LogP contribution in [0.3, 0.4) is 0 Å². The number of methoxy groups -OCH3 is 1. The molecule has 0 N–H and O–H groups in total. The minimum atomic E-state index is 0.380.